The van der Waals surface area contributed by atoms with Crippen molar-refractivity contribution in [3.8, 4) is 17.6 Å². The number of rotatable bonds is 5. The first kappa shape index (κ1) is 16.6. The molecule has 24 heavy (non-hydrogen) atoms. The van der Waals surface area contributed by atoms with Gasteiger partial charge in [0.15, 0.2) is 26.8 Å². The second-order valence-corrected chi connectivity index (χ2v) is 8.07. The molecular formula is C16H17NO6S. The smallest absolute Gasteiger partial charge is 0.328 e. The minimum atomic E-state index is -3.61. The van der Waals surface area contributed by atoms with Crippen LogP contribution in [0.25, 0.3) is 0 Å². The molecule has 3 rings (SSSR count). The Labute approximate surface area is 140 Å². The van der Waals surface area contributed by atoms with Crippen LogP contribution in [0.4, 0.5) is 0 Å². The second-order valence-electron chi connectivity index (χ2n) is 5.66. The van der Waals surface area contributed by atoms with Gasteiger partial charge >= 0.3 is 5.97 Å². The van der Waals surface area contributed by atoms with E-state index >= 15 is 0 Å². The molecule has 1 saturated carbocycles. The molecule has 7 nitrogen and oxygen atoms in total. The Kier molecular flexibility index (Phi) is 3.92. The molecule has 1 aliphatic heterocycles. The average Bonchev–Trinajstić information content (AvgIpc) is 3.07. The minimum Gasteiger partial charge on any atom is -0.465 e. The second kappa shape index (κ2) is 5.67. The number of carbonyl (C=O) groups excluding carboxylic acids is 1. The number of hydrogen-bond donors (Lipinski definition) is 0. The first-order valence-corrected chi connectivity index (χ1v) is 9.33. The van der Waals surface area contributed by atoms with Crippen molar-refractivity contribution in [2.24, 2.45) is 5.41 Å². The van der Waals surface area contributed by atoms with Gasteiger partial charge in [-0.05, 0) is 24.6 Å². The Morgan fingerprint density at radius 1 is 1.38 bits per heavy atom. The SMILES string of the molecule is CCOC(=O)[C@@]1(C#N)[C@H](S(=O)(=O)CC)[C@@H]1c1ccc2c(c1)OCO2. The molecule has 1 fully saturated rings. The molecule has 0 spiro atoms. The van der Waals surface area contributed by atoms with Gasteiger partial charge in [0.05, 0.1) is 12.7 Å². The van der Waals surface area contributed by atoms with Crippen molar-refractivity contribution >= 4 is 15.8 Å². The lowest BCUT2D eigenvalue weighted by Gasteiger charge is -2.08. The maximum Gasteiger partial charge on any atom is 0.328 e. The molecule has 8 heteroatoms. The number of nitriles is 1. The summed E-state index contributed by atoms with van der Waals surface area (Å²) in [5.41, 5.74) is -1.16. The van der Waals surface area contributed by atoms with Crippen molar-refractivity contribution in [2.75, 3.05) is 19.2 Å². The summed E-state index contributed by atoms with van der Waals surface area (Å²) in [4.78, 5) is 12.4. The Morgan fingerprint density at radius 3 is 2.71 bits per heavy atom. The van der Waals surface area contributed by atoms with E-state index in [0.717, 1.165) is 0 Å². The Bertz CT molecular complexity index is 827. The number of nitrogens with zero attached hydrogens (tertiary/aromatic N) is 1. The van der Waals surface area contributed by atoms with Gasteiger partial charge in [0, 0.05) is 11.7 Å². The first-order valence-electron chi connectivity index (χ1n) is 7.62. The van der Waals surface area contributed by atoms with Gasteiger partial charge in [-0.1, -0.05) is 13.0 Å². The van der Waals surface area contributed by atoms with Gasteiger partial charge in [-0.15, -0.1) is 0 Å². The highest BCUT2D eigenvalue weighted by molar-refractivity contribution is 7.92. The van der Waals surface area contributed by atoms with Crippen LogP contribution in [-0.4, -0.2) is 38.8 Å². The zero-order chi connectivity index (χ0) is 17.5. The van der Waals surface area contributed by atoms with Crippen LogP contribution in [0.3, 0.4) is 0 Å². The normalized spacial score (nSPS) is 27.4. The summed E-state index contributed by atoms with van der Waals surface area (Å²) in [5, 5.41) is 8.53. The van der Waals surface area contributed by atoms with Gasteiger partial charge in [0.25, 0.3) is 0 Å². The van der Waals surface area contributed by atoms with Crippen molar-refractivity contribution in [1.29, 1.82) is 5.26 Å². The maximum atomic E-state index is 12.4. The summed E-state index contributed by atoms with van der Waals surface area (Å²) in [7, 11) is -3.61. The fraction of sp³-hybridized carbons (Fsp3) is 0.500. The maximum absolute atomic E-state index is 12.4. The van der Waals surface area contributed by atoms with E-state index in [0.29, 0.717) is 17.1 Å². The van der Waals surface area contributed by atoms with Gasteiger partial charge in [-0.2, -0.15) is 5.26 Å². The quantitative estimate of drug-likeness (QED) is 0.739. The van der Waals surface area contributed by atoms with Crippen LogP contribution >= 0.6 is 0 Å². The number of ether oxygens (including phenoxy) is 3. The van der Waals surface area contributed by atoms with Crippen molar-refractivity contribution in [2.45, 2.75) is 25.0 Å². The van der Waals surface area contributed by atoms with Crippen molar-refractivity contribution in [3.05, 3.63) is 23.8 Å². The number of hydrogen-bond acceptors (Lipinski definition) is 7. The highest BCUT2D eigenvalue weighted by atomic mass is 32.2. The highest BCUT2D eigenvalue weighted by Crippen LogP contribution is 2.64. The molecule has 1 heterocycles. The molecule has 0 N–H and O–H groups in total. The fourth-order valence-corrected chi connectivity index (χ4v) is 5.17. The molecule has 1 aliphatic carbocycles. The highest BCUT2D eigenvalue weighted by Gasteiger charge is 2.77. The summed E-state index contributed by atoms with van der Waals surface area (Å²) < 4.78 is 40.4. The summed E-state index contributed by atoms with van der Waals surface area (Å²) >= 11 is 0. The zero-order valence-corrected chi connectivity index (χ0v) is 14.1. The van der Waals surface area contributed by atoms with Gasteiger partial charge in [0.2, 0.25) is 6.79 Å². The van der Waals surface area contributed by atoms with E-state index in [1.54, 1.807) is 25.1 Å². The molecule has 0 unspecified atom stereocenters. The van der Waals surface area contributed by atoms with E-state index in [4.69, 9.17) is 14.2 Å². The van der Waals surface area contributed by atoms with Crippen LogP contribution in [0.1, 0.15) is 25.3 Å². The summed E-state index contributed by atoms with van der Waals surface area (Å²) in [6, 6.07) is 6.86. The van der Waals surface area contributed by atoms with Crippen LogP contribution in [0.5, 0.6) is 11.5 Å². The van der Waals surface area contributed by atoms with Crippen molar-refractivity contribution < 1.29 is 27.4 Å². The number of sulfone groups is 1. The Balaban J connectivity index is 2.07. The zero-order valence-electron chi connectivity index (χ0n) is 13.3. The third-order valence-electron chi connectivity index (χ3n) is 4.48. The van der Waals surface area contributed by atoms with E-state index in [-0.39, 0.29) is 19.2 Å². The molecule has 3 atom stereocenters. The number of carbonyl (C=O) groups is 1. The first-order chi connectivity index (χ1) is 11.4. The summed E-state index contributed by atoms with van der Waals surface area (Å²) in [6.07, 6.45) is 0. The lowest BCUT2D eigenvalue weighted by molar-refractivity contribution is -0.147. The van der Waals surface area contributed by atoms with E-state index in [9.17, 15) is 18.5 Å². The van der Waals surface area contributed by atoms with Crippen LogP contribution < -0.4 is 9.47 Å². The third-order valence-corrected chi connectivity index (χ3v) is 6.70. The summed E-state index contributed by atoms with van der Waals surface area (Å²) in [5.74, 6) is -0.699. The van der Waals surface area contributed by atoms with E-state index < -0.39 is 32.4 Å². The lowest BCUT2D eigenvalue weighted by atomic mass is 10.0. The molecular weight excluding hydrogens is 334 g/mol. The van der Waals surface area contributed by atoms with Crippen LogP contribution in [0, 0.1) is 16.7 Å². The number of esters is 1. The molecule has 1 aromatic carbocycles. The number of benzene rings is 1. The average molecular weight is 351 g/mol. The monoisotopic (exact) mass is 351 g/mol. The predicted molar refractivity (Wildman–Crippen MR) is 83.2 cm³/mol. The van der Waals surface area contributed by atoms with Crippen LogP contribution in [0.15, 0.2) is 18.2 Å². The third kappa shape index (κ3) is 2.23. The fourth-order valence-electron chi connectivity index (χ4n) is 3.24. The standard InChI is InChI=1S/C16H17NO6S/c1-3-21-15(18)16(8-17)13(14(16)24(19,20)4-2)10-5-6-11-12(7-10)23-9-22-11/h5-7,13-14H,3-4,9H2,1-2H3/t13-,14+,16+/m0/s1. The van der Waals surface area contributed by atoms with Gasteiger partial charge in [0.1, 0.15) is 5.25 Å². The Morgan fingerprint density at radius 2 is 2.08 bits per heavy atom. The van der Waals surface area contributed by atoms with E-state index in [2.05, 4.69) is 0 Å². The van der Waals surface area contributed by atoms with Crippen LogP contribution in [0.2, 0.25) is 0 Å². The summed E-state index contributed by atoms with van der Waals surface area (Å²) in [6.45, 7) is 3.28. The largest absolute Gasteiger partial charge is 0.465 e. The van der Waals surface area contributed by atoms with Crippen LogP contribution in [-0.2, 0) is 19.4 Å². The molecule has 0 aromatic heterocycles. The van der Waals surface area contributed by atoms with Crippen molar-refractivity contribution in [3.63, 3.8) is 0 Å². The van der Waals surface area contributed by atoms with Gasteiger partial charge in [-0.25, -0.2) is 8.42 Å². The van der Waals surface area contributed by atoms with Gasteiger partial charge in [-0.3, -0.25) is 4.79 Å². The predicted octanol–water partition coefficient (Wildman–Crippen LogP) is 1.39. The molecule has 128 valence electrons. The van der Waals surface area contributed by atoms with Gasteiger partial charge < -0.3 is 14.2 Å². The van der Waals surface area contributed by atoms with E-state index in [1.165, 1.54) is 6.92 Å². The van der Waals surface area contributed by atoms with E-state index in [1.807, 2.05) is 6.07 Å². The molecule has 1 aromatic rings. The molecule has 0 saturated heterocycles. The lowest BCUT2D eigenvalue weighted by Crippen LogP contribution is -2.26. The topological polar surface area (TPSA) is 103 Å². The molecule has 0 amide bonds. The number of fused-ring (bicyclic) bond motifs is 1. The minimum absolute atomic E-state index is 0.0784. The molecule has 0 radical (unpaired) electrons. The molecule has 0 bridgehead atoms. The van der Waals surface area contributed by atoms with Crippen molar-refractivity contribution in [1.82, 2.24) is 0 Å². The Hall–Kier alpha value is -2.27. The molecule has 2 aliphatic rings.